The van der Waals surface area contributed by atoms with Crippen molar-refractivity contribution >= 4 is 19.8 Å². The van der Waals surface area contributed by atoms with Crippen molar-refractivity contribution < 1.29 is 63.1 Å². The third-order valence-corrected chi connectivity index (χ3v) is 8.91. The van der Waals surface area contributed by atoms with Crippen LogP contribution < -0.4 is 0 Å². The van der Waals surface area contributed by atoms with Gasteiger partial charge in [0.25, 0.3) is 0 Å². The lowest BCUT2D eigenvalue weighted by Gasteiger charge is -2.20. The maximum atomic E-state index is 12.5. The van der Waals surface area contributed by atoms with Crippen LogP contribution in [0, 0.1) is 5.92 Å². The Bertz CT molecular complexity index is 1150. The van der Waals surface area contributed by atoms with Crippen molar-refractivity contribution in [3.8, 4) is 0 Å². The maximum Gasteiger partial charge on any atom is 0.472 e. The number of rotatable bonds is 34. The summed E-state index contributed by atoms with van der Waals surface area (Å²) in [6.07, 6.45) is 23.1. The van der Waals surface area contributed by atoms with Crippen molar-refractivity contribution in [3.05, 3.63) is 60.8 Å². The fourth-order valence-corrected chi connectivity index (χ4v) is 5.60. The van der Waals surface area contributed by atoms with Gasteiger partial charge in [-0.15, -0.1) is 0 Å². The lowest BCUT2D eigenvalue weighted by Crippen LogP contribution is -2.30. The van der Waals surface area contributed by atoms with Crippen molar-refractivity contribution in [1.82, 2.24) is 0 Å². The Morgan fingerprint density at radius 3 is 1.89 bits per heavy atom. The Kier molecular flexibility index (Phi) is 32.3. The van der Waals surface area contributed by atoms with E-state index in [9.17, 15) is 39.5 Å². The second-order valence-electron chi connectivity index (χ2n) is 13.6. The molecule has 6 atom stereocenters. The van der Waals surface area contributed by atoms with Crippen molar-refractivity contribution in [2.75, 3.05) is 26.4 Å². The van der Waals surface area contributed by atoms with Gasteiger partial charge < -0.3 is 39.9 Å². The molecule has 312 valence electrons. The maximum absolute atomic E-state index is 12.5. The van der Waals surface area contributed by atoms with Crippen molar-refractivity contribution in [3.63, 3.8) is 0 Å². The van der Waals surface area contributed by atoms with Gasteiger partial charge >= 0.3 is 19.8 Å². The summed E-state index contributed by atoms with van der Waals surface area (Å²) in [5.74, 6) is -0.537. The average molecular weight is 789 g/mol. The SMILES string of the molecule is CC/C=C\C[C@@H](O)/C=C/C=C/C=C\C=C/[C@H](O)[C@@H](O)CCCC(=O)OC[C@H](COP(=O)(O)OC[C@@H](O)CO)OC(=O)CCCCCCCCCCC(C)C. The third kappa shape index (κ3) is 32.9. The summed E-state index contributed by atoms with van der Waals surface area (Å²) in [4.78, 5) is 34.9. The first-order valence-electron chi connectivity index (χ1n) is 19.4. The van der Waals surface area contributed by atoms with Crippen LogP contribution in [-0.4, -0.2) is 99.3 Å². The molecule has 0 aliphatic rings. The van der Waals surface area contributed by atoms with Crippen LogP contribution in [0.1, 0.15) is 117 Å². The molecular weight excluding hydrogens is 719 g/mol. The largest absolute Gasteiger partial charge is 0.472 e. The van der Waals surface area contributed by atoms with Gasteiger partial charge in [0.2, 0.25) is 0 Å². The molecule has 6 N–H and O–H groups in total. The number of esters is 2. The number of ether oxygens (including phenoxy) is 2. The number of hydrogen-bond donors (Lipinski definition) is 6. The molecular formula is C40H69O13P. The van der Waals surface area contributed by atoms with Gasteiger partial charge in [0.15, 0.2) is 6.10 Å². The first-order valence-corrected chi connectivity index (χ1v) is 20.9. The van der Waals surface area contributed by atoms with Crippen LogP contribution in [0.25, 0.3) is 0 Å². The van der Waals surface area contributed by atoms with E-state index in [0.717, 1.165) is 38.0 Å². The molecule has 0 heterocycles. The predicted octanol–water partition coefficient (Wildman–Crippen LogP) is 6.32. The molecule has 0 saturated carbocycles. The first kappa shape index (κ1) is 51.5. The van der Waals surface area contributed by atoms with Crippen LogP contribution in [0.3, 0.4) is 0 Å². The highest BCUT2D eigenvalue weighted by Gasteiger charge is 2.27. The minimum absolute atomic E-state index is 0.0924. The molecule has 0 amide bonds. The number of aliphatic hydroxyl groups is 5. The van der Waals surface area contributed by atoms with Gasteiger partial charge in [-0.1, -0.05) is 133 Å². The molecule has 13 nitrogen and oxygen atoms in total. The van der Waals surface area contributed by atoms with Gasteiger partial charge in [-0.25, -0.2) is 4.57 Å². The molecule has 1 unspecified atom stereocenters. The summed E-state index contributed by atoms with van der Waals surface area (Å²) in [6.45, 7) is 4.01. The summed E-state index contributed by atoms with van der Waals surface area (Å²) < 4.78 is 32.3. The number of carbonyl (C=O) groups excluding carboxylic acids is 2. The second-order valence-corrected chi connectivity index (χ2v) is 15.1. The normalized spacial score (nSPS) is 16.5. The molecule has 54 heavy (non-hydrogen) atoms. The molecule has 0 fully saturated rings. The Hall–Kier alpha value is -2.45. The summed E-state index contributed by atoms with van der Waals surface area (Å²) in [5, 5.41) is 48.6. The van der Waals surface area contributed by atoms with Gasteiger partial charge in [0.05, 0.1) is 38.1 Å². The van der Waals surface area contributed by atoms with Crippen molar-refractivity contribution in [2.24, 2.45) is 5.92 Å². The molecule has 0 aromatic carbocycles. The summed E-state index contributed by atoms with van der Waals surface area (Å²) in [7, 11) is -4.70. The number of phosphoric acid groups is 1. The van der Waals surface area contributed by atoms with Gasteiger partial charge in [0, 0.05) is 12.8 Å². The quantitative estimate of drug-likeness (QED) is 0.0139. The Balaban J connectivity index is 4.71. The van der Waals surface area contributed by atoms with Gasteiger partial charge in [-0.3, -0.25) is 18.6 Å². The number of carbonyl (C=O) groups is 2. The molecule has 0 bridgehead atoms. The Labute approximate surface area is 323 Å². The van der Waals surface area contributed by atoms with Crippen molar-refractivity contribution in [1.29, 1.82) is 0 Å². The summed E-state index contributed by atoms with van der Waals surface area (Å²) >= 11 is 0. The summed E-state index contributed by atoms with van der Waals surface area (Å²) in [6, 6.07) is 0. The van der Waals surface area contributed by atoms with Crippen LogP contribution >= 0.6 is 7.82 Å². The zero-order valence-corrected chi connectivity index (χ0v) is 33.6. The van der Waals surface area contributed by atoms with Crippen molar-refractivity contribution in [2.45, 2.75) is 148 Å². The minimum Gasteiger partial charge on any atom is -0.462 e. The van der Waals surface area contributed by atoms with Crippen LogP contribution in [0.15, 0.2) is 60.8 Å². The van der Waals surface area contributed by atoms with E-state index in [1.54, 1.807) is 42.5 Å². The van der Waals surface area contributed by atoms with Gasteiger partial charge in [-0.05, 0) is 38.0 Å². The minimum atomic E-state index is -4.70. The van der Waals surface area contributed by atoms with Crippen LogP contribution in [0.2, 0.25) is 0 Å². The van der Waals surface area contributed by atoms with Crippen LogP contribution in [0.4, 0.5) is 0 Å². The fraction of sp³-hybridized carbons (Fsp3) is 0.700. The molecule has 0 saturated heterocycles. The van der Waals surface area contributed by atoms with Crippen LogP contribution in [-0.2, 0) is 32.7 Å². The molecule has 0 spiro atoms. The molecule has 0 radical (unpaired) electrons. The van der Waals surface area contributed by atoms with E-state index in [0.29, 0.717) is 12.8 Å². The smallest absolute Gasteiger partial charge is 0.462 e. The van der Waals surface area contributed by atoms with E-state index in [1.165, 1.54) is 31.8 Å². The average Bonchev–Trinajstić information content (AvgIpc) is 3.13. The second kappa shape index (κ2) is 33.9. The highest BCUT2D eigenvalue weighted by Crippen LogP contribution is 2.43. The predicted molar refractivity (Wildman–Crippen MR) is 209 cm³/mol. The Morgan fingerprint density at radius 2 is 1.26 bits per heavy atom. The molecule has 0 rings (SSSR count). The van der Waals surface area contributed by atoms with E-state index in [-0.39, 0.29) is 25.7 Å². The highest BCUT2D eigenvalue weighted by atomic mass is 31.2. The summed E-state index contributed by atoms with van der Waals surface area (Å²) in [5.41, 5.74) is 0. The van der Waals surface area contributed by atoms with E-state index in [2.05, 4.69) is 18.4 Å². The van der Waals surface area contributed by atoms with E-state index < -0.39 is 76.7 Å². The monoisotopic (exact) mass is 788 g/mol. The van der Waals surface area contributed by atoms with E-state index in [4.69, 9.17) is 19.1 Å². The number of hydrogen-bond acceptors (Lipinski definition) is 12. The van der Waals surface area contributed by atoms with E-state index >= 15 is 0 Å². The topological polar surface area (TPSA) is 210 Å². The molecule has 0 aromatic heterocycles. The van der Waals surface area contributed by atoms with Gasteiger partial charge in [-0.2, -0.15) is 0 Å². The third-order valence-electron chi connectivity index (χ3n) is 7.96. The standard InChI is InChI=1S/C40H69O13P/c1-4-5-16-23-34(42)24-18-13-10-11-14-19-25-37(44)38(45)26-21-28-39(46)50-31-36(32-52-54(48,49)51-30-35(43)29-41)53-40(47)27-20-15-9-7-6-8-12-17-22-33(2)3/h5,10-11,13-14,16,18-19,24-25,33-38,41-45H,4,6-9,12,15,17,20-23,26-32H2,1-3H3,(H,48,49)/b13-10+,14-11-,16-5-,24-18+,25-19-/t34-,35+,36-,37+,38+/m1/s1. The van der Waals surface area contributed by atoms with Gasteiger partial charge in [0.1, 0.15) is 12.7 Å². The Morgan fingerprint density at radius 1 is 0.685 bits per heavy atom. The number of unbranched alkanes of at least 4 members (excludes halogenated alkanes) is 7. The number of allylic oxidation sites excluding steroid dienone is 7. The fourth-order valence-electron chi connectivity index (χ4n) is 4.81. The lowest BCUT2D eigenvalue weighted by atomic mass is 10.0. The number of aliphatic hydroxyl groups excluding tert-OH is 5. The molecule has 0 aliphatic carbocycles. The molecule has 0 aliphatic heterocycles. The van der Waals surface area contributed by atoms with E-state index in [1.807, 2.05) is 19.1 Å². The zero-order chi connectivity index (χ0) is 40.5. The highest BCUT2D eigenvalue weighted by molar-refractivity contribution is 7.47. The first-order chi connectivity index (χ1) is 25.8. The molecule has 0 aromatic rings. The lowest BCUT2D eigenvalue weighted by molar-refractivity contribution is -0.161. The number of phosphoric ester groups is 1. The van der Waals surface area contributed by atoms with Crippen LogP contribution in [0.5, 0.6) is 0 Å². The zero-order valence-electron chi connectivity index (χ0n) is 32.7. The molecule has 14 heteroatoms.